The van der Waals surface area contributed by atoms with Crippen molar-refractivity contribution in [1.82, 2.24) is 5.32 Å². The van der Waals surface area contributed by atoms with Crippen LogP contribution in [0.3, 0.4) is 0 Å². The predicted octanol–water partition coefficient (Wildman–Crippen LogP) is 3.87. The van der Waals surface area contributed by atoms with E-state index in [4.69, 9.17) is 9.47 Å². The van der Waals surface area contributed by atoms with E-state index in [9.17, 15) is 4.79 Å². The van der Waals surface area contributed by atoms with Gasteiger partial charge in [0.2, 0.25) is 0 Å². The molecule has 0 bridgehead atoms. The number of para-hydroxylation sites is 1. The Morgan fingerprint density at radius 1 is 1.12 bits per heavy atom. The molecule has 4 heteroatoms. The Bertz CT molecular complexity index is 669. The van der Waals surface area contributed by atoms with Crippen molar-refractivity contribution in [3.63, 3.8) is 0 Å². The van der Waals surface area contributed by atoms with Crippen molar-refractivity contribution in [3.05, 3.63) is 59.7 Å². The molecule has 0 saturated heterocycles. The van der Waals surface area contributed by atoms with Gasteiger partial charge in [0.25, 0.3) is 5.91 Å². The molecule has 24 heavy (non-hydrogen) atoms. The van der Waals surface area contributed by atoms with Crippen molar-refractivity contribution >= 4 is 5.91 Å². The van der Waals surface area contributed by atoms with E-state index in [-0.39, 0.29) is 5.91 Å². The molecule has 1 atom stereocenters. The van der Waals surface area contributed by atoms with Gasteiger partial charge >= 0.3 is 0 Å². The number of hydrogen-bond donors (Lipinski definition) is 1. The second kappa shape index (κ2) is 8.96. The molecule has 0 fully saturated rings. The summed E-state index contributed by atoms with van der Waals surface area (Å²) in [6.07, 6.45) is 0.0958. The van der Waals surface area contributed by atoms with Crippen LogP contribution in [0.15, 0.2) is 48.5 Å². The maximum absolute atomic E-state index is 12.4. The standard InChI is InChI=1S/C20H25NO3/c1-4-18(24-17-11-8-9-15(3)13-17)20(22)21-14-16-10-6-7-12-19(16)23-5-2/h6-13,18H,4-5,14H2,1-3H3,(H,21,22)/t18-/m0/s1. The van der Waals surface area contributed by atoms with E-state index in [1.165, 1.54) is 0 Å². The lowest BCUT2D eigenvalue weighted by atomic mass is 10.2. The van der Waals surface area contributed by atoms with Crippen LogP contribution in [0, 0.1) is 6.92 Å². The highest BCUT2D eigenvalue weighted by Gasteiger charge is 2.18. The van der Waals surface area contributed by atoms with Gasteiger partial charge in [-0.15, -0.1) is 0 Å². The summed E-state index contributed by atoms with van der Waals surface area (Å²) in [4.78, 5) is 12.4. The molecule has 128 valence electrons. The molecule has 0 aliphatic rings. The Labute approximate surface area is 143 Å². The smallest absolute Gasteiger partial charge is 0.261 e. The molecule has 0 spiro atoms. The van der Waals surface area contributed by atoms with Gasteiger partial charge in [-0.1, -0.05) is 37.3 Å². The Kier molecular flexibility index (Phi) is 6.67. The van der Waals surface area contributed by atoms with Crippen molar-refractivity contribution in [2.75, 3.05) is 6.61 Å². The van der Waals surface area contributed by atoms with Crippen LogP contribution >= 0.6 is 0 Å². The zero-order chi connectivity index (χ0) is 17.4. The van der Waals surface area contributed by atoms with Crippen LogP contribution in [-0.2, 0) is 11.3 Å². The minimum Gasteiger partial charge on any atom is -0.494 e. The fourth-order valence-electron chi connectivity index (χ4n) is 2.42. The highest BCUT2D eigenvalue weighted by Crippen LogP contribution is 2.18. The summed E-state index contributed by atoms with van der Waals surface area (Å²) in [5.41, 5.74) is 2.06. The second-order valence-electron chi connectivity index (χ2n) is 5.59. The summed E-state index contributed by atoms with van der Waals surface area (Å²) in [5, 5.41) is 2.94. The van der Waals surface area contributed by atoms with Crippen LogP contribution in [0.2, 0.25) is 0 Å². The Morgan fingerprint density at radius 2 is 1.92 bits per heavy atom. The number of hydrogen-bond acceptors (Lipinski definition) is 3. The molecule has 0 saturated carbocycles. The first-order valence-electron chi connectivity index (χ1n) is 8.35. The van der Waals surface area contributed by atoms with Crippen LogP contribution in [0.1, 0.15) is 31.4 Å². The molecule has 0 aromatic heterocycles. The number of aryl methyl sites for hydroxylation is 1. The molecule has 0 aliphatic heterocycles. The number of carbonyl (C=O) groups is 1. The van der Waals surface area contributed by atoms with Crippen LogP contribution in [0.4, 0.5) is 0 Å². The lowest BCUT2D eigenvalue weighted by molar-refractivity contribution is -0.128. The molecule has 0 heterocycles. The molecule has 0 aliphatic carbocycles. The lowest BCUT2D eigenvalue weighted by Crippen LogP contribution is -2.37. The average Bonchev–Trinajstić information content (AvgIpc) is 2.59. The van der Waals surface area contributed by atoms with E-state index in [2.05, 4.69) is 5.32 Å². The lowest BCUT2D eigenvalue weighted by Gasteiger charge is -2.18. The third-order valence-electron chi connectivity index (χ3n) is 3.66. The predicted molar refractivity (Wildman–Crippen MR) is 95.3 cm³/mol. The minimum atomic E-state index is -0.508. The number of nitrogens with one attached hydrogen (secondary N) is 1. The van der Waals surface area contributed by atoms with E-state index in [1.807, 2.05) is 69.3 Å². The van der Waals surface area contributed by atoms with Crippen LogP contribution in [0.25, 0.3) is 0 Å². The van der Waals surface area contributed by atoms with Gasteiger partial charge in [0.05, 0.1) is 6.61 Å². The monoisotopic (exact) mass is 327 g/mol. The Hall–Kier alpha value is -2.49. The summed E-state index contributed by atoms with van der Waals surface area (Å²) in [6.45, 7) is 6.90. The van der Waals surface area contributed by atoms with E-state index in [1.54, 1.807) is 0 Å². The third kappa shape index (κ3) is 5.01. The zero-order valence-electron chi connectivity index (χ0n) is 14.5. The highest BCUT2D eigenvalue weighted by molar-refractivity contribution is 5.81. The Morgan fingerprint density at radius 3 is 2.62 bits per heavy atom. The minimum absolute atomic E-state index is 0.120. The van der Waals surface area contributed by atoms with Gasteiger partial charge in [-0.25, -0.2) is 0 Å². The summed E-state index contributed by atoms with van der Waals surface area (Å²) >= 11 is 0. The topological polar surface area (TPSA) is 47.6 Å². The first-order chi connectivity index (χ1) is 11.6. The summed E-state index contributed by atoms with van der Waals surface area (Å²) in [6, 6.07) is 15.4. The average molecular weight is 327 g/mol. The number of carbonyl (C=O) groups excluding carboxylic acids is 1. The van der Waals surface area contributed by atoms with Gasteiger partial charge in [-0.05, 0) is 44.0 Å². The normalized spacial score (nSPS) is 11.6. The van der Waals surface area contributed by atoms with E-state index in [0.29, 0.717) is 25.3 Å². The second-order valence-corrected chi connectivity index (χ2v) is 5.59. The van der Waals surface area contributed by atoms with Crippen LogP contribution in [-0.4, -0.2) is 18.6 Å². The number of rotatable bonds is 8. The number of amides is 1. The fraction of sp³-hybridized carbons (Fsp3) is 0.350. The van der Waals surface area contributed by atoms with Crippen molar-refractivity contribution in [2.24, 2.45) is 0 Å². The van der Waals surface area contributed by atoms with Crippen LogP contribution in [0.5, 0.6) is 11.5 Å². The molecular weight excluding hydrogens is 302 g/mol. The molecule has 0 radical (unpaired) electrons. The van der Waals surface area contributed by atoms with E-state index < -0.39 is 6.10 Å². The fourth-order valence-corrected chi connectivity index (χ4v) is 2.42. The maximum atomic E-state index is 12.4. The molecule has 2 aromatic carbocycles. The third-order valence-corrected chi connectivity index (χ3v) is 3.66. The highest BCUT2D eigenvalue weighted by atomic mass is 16.5. The summed E-state index contributed by atoms with van der Waals surface area (Å²) in [7, 11) is 0. The zero-order valence-corrected chi connectivity index (χ0v) is 14.5. The largest absolute Gasteiger partial charge is 0.494 e. The molecule has 4 nitrogen and oxygen atoms in total. The van der Waals surface area contributed by atoms with Crippen LogP contribution < -0.4 is 14.8 Å². The molecule has 2 aromatic rings. The summed E-state index contributed by atoms with van der Waals surface area (Å²) < 4.78 is 11.4. The number of benzene rings is 2. The molecule has 1 N–H and O–H groups in total. The van der Waals surface area contributed by atoms with Gasteiger partial charge < -0.3 is 14.8 Å². The first-order valence-corrected chi connectivity index (χ1v) is 8.35. The molecule has 2 rings (SSSR count). The maximum Gasteiger partial charge on any atom is 0.261 e. The molecule has 1 amide bonds. The van der Waals surface area contributed by atoms with Gasteiger partial charge in [-0.3, -0.25) is 4.79 Å². The van der Waals surface area contributed by atoms with E-state index >= 15 is 0 Å². The van der Waals surface area contributed by atoms with Crippen molar-refractivity contribution in [3.8, 4) is 11.5 Å². The van der Waals surface area contributed by atoms with Gasteiger partial charge in [0.1, 0.15) is 11.5 Å². The quantitative estimate of drug-likeness (QED) is 0.801. The molecule has 0 unspecified atom stereocenters. The van der Waals surface area contributed by atoms with Gasteiger partial charge in [0, 0.05) is 12.1 Å². The van der Waals surface area contributed by atoms with E-state index in [0.717, 1.165) is 16.9 Å². The van der Waals surface area contributed by atoms with Crippen molar-refractivity contribution in [1.29, 1.82) is 0 Å². The van der Waals surface area contributed by atoms with Gasteiger partial charge in [-0.2, -0.15) is 0 Å². The van der Waals surface area contributed by atoms with Gasteiger partial charge in [0.15, 0.2) is 6.10 Å². The van der Waals surface area contributed by atoms with Crippen molar-refractivity contribution in [2.45, 2.75) is 39.8 Å². The van der Waals surface area contributed by atoms with Crippen molar-refractivity contribution < 1.29 is 14.3 Å². The first kappa shape index (κ1) is 17.9. The Balaban J connectivity index is 1.97. The number of ether oxygens (including phenoxy) is 2. The summed E-state index contributed by atoms with van der Waals surface area (Å²) in [5.74, 6) is 1.39. The SMILES string of the molecule is CCOc1ccccc1CNC(=O)[C@H](CC)Oc1cccc(C)c1. The molecular formula is C20H25NO3.